The second-order valence-corrected chi connectivity index (χ2v) is 5.52. The number of hydrogen-bond donors (Lipinski definition) is 1. The molecule has 0 radical (unpaired) electrons. The molecule has 1 aromatic rings. The molecule has 1 fully saturated rings. The van der Waals surface area contributed by atoms with Crippen LogP contribution < -0.4 is 5.32 Å². The standard InChI is InChI=1S/C14H26N4O/c1-12(10-17-7-4-5-8-17)16-14-15-6-9-18(14)13(2)11-19-3/h6,9,12-13H,4-5,7-8,10-11H2,1-3H3,(H,15,16). The first kappa shape index (κ1) is 14.3. The summed E-state index contributed by atoms with van der Waals surface area (Å²) >= 11 is 0. The van der Waals surface area contributed by atoms with Crippen molar-refractivity contribution in [2.75, 3.05) is 38.7 Å². The maximum absolute atomic E-state index is 5.21. The van der Waals surface area contributed by atoms with Crippen molar-refractivity contribution in [2.24, 2.45) is 0 Å². The van der Waals surface area contributed by atoms with Crippen molar-refractivity contribution in [1.82, 2.24) is 14.5 Å². The Labute approximate surface area is 116 Å². The van der Waals surface area contributed by atoms with Crippen LogP contribution in [0, 0.1) is 0 Å². The smallest absolute Gasteiger partial charge is 0.203 e. The molecular weight excluding hydrogens is 240 g/mol. The van der Waals surface area contributed by atoms with Gasteiger partial charge in [-0.1, -0.05) is 0 Å². The highest BCUT2D eigenvalue weighted by molar-refractivity contribution is 5.28. The van der Waals surface area contributed by atoms with Crippen molar-refractivity contribution in [3.8, 4) is 0 Å². The van der Waals surface area contributed by atoms with Crippen molar-refractivity contribution in [1.29, 1.82) is 0 Å². The molecule has 1 aromatic heterocycles. The third-order valence-corrected chi connectivity index (χ3v) is 3.66. The molecule has 2 unspecified atom stereocenters. The van der Waals surface area contributed by atoms with Crippen molar-refractivity contribution in [3.63, 3.8) is 0 Å². The Balaban J connectivity index is 1.89. The summed E-state index contributed by atoms with van der Waals surface area (Å²) in [5.41, 5.74) is 0. The summed E-state index contributed by atoms with van der Waals surface area (Å²) in [6.45, 7) is 8.62. The minimum Gasteiger partial charge on any atom is -0.383 e. The van der Waals surface area contributed by atoms with E-state index >= 15 is 0 Å². The maximum Gasteiger partial charge on any atom is 0.203 e. The Hall–Kier alpha value is -1.07. The maximum atomic E-state index is 5.21. The Morgan fingerprint density at radius 2 is 2.11 bits per heavy atom. The Morgan fingerprint density at radius 1 is 1.37 bits per heavy atom. The molecule has 1 N–H and O–H groups in total. The molecule has 0 amide bonds. The largest absolute Gasteiger partial charge is 0.383 e. The number of ether oxygens (including phenoxy) is 1. The van der Waals surface area contributed by atoms with Gasteiger partial charge < -0.3 is 19.5 Å². The number of nitrogens with one attached hydrogen (secondary N) is 1. The molecule has 0 spiro atoms. The second-order valence-electron chi connectivity index (χ2n) is 5.52. The van der Waals surface area contributed by atoms with Gasteiger partial charge >= 0.3 is 0 Å². The first-order valence-electron chi connectivity index (χ1n) is 7.21. The van der Waals surface area contributed by atoms with Gasteiger partial charge in [0.15, 0.2) is 0 Å². The van der Waals surface area contributed by atoms with Gasteiger partial charge in [-0.25, -0.2) is 4.98 Å². The average molecular weight is 266 g/mol. The van der Waals surface area contributed by atoms with Crippen LogP contribution in [0.3, 0.4) is 0 Å². The van der Waals surface area contributed by atoms with E-state index in [2.05, 4.69) is 33.6 Å². The molecule has 0 aliphatic carbocycles. The first-order valence-corrected chi connectivity index (χ1v) is 7.21. The van der Waals surface area contributed by atoms with Crippen LogP contribution in [0.2, 0.25) is 0 Å². The third-order valence-electron chi connectivity index (χ3n) is 3.66. The molecule has 2 atom stereocenters. The molecule has 1 aliphatic heterocycles. The van der Waals surface area contributed by atoms with Gasteiger partial charge in [0, 0.05) is 32.1 Å². The lowest BCUT2D eigenvalue weighted by Gasteiger charge is -2.23. The van der Waals surface area contributed by atoms with E-state index in [0.717, 1.165) is 12.5 Å². The third kappa shape index (κ3) is 3.94. The van der Waals surface area contributed by atoms with E-state index in [4.69, 9.17) is 4.74 Å². The van der Waals surface area contributed by atoms with E-state index in [9.17, 15) is 0 Å². The lowest BCUT2D eigenvalue weighted by atomic mass is 10.3. The van der Waals surface area contributed by atoms with Crippen molar-refractivity contribution >= 4 is 5.95 Å². The molecule has 1 saturated heterocycles. The normalized spacial score (nSPS) is 19.5. The molecule has 1 aliphatic rings. The monoisotopic (exact) mass is 266 g/mol. The molecule has 2 heterocycles. The number of imidazole rings is 1. The molecule has 2 rings (SSSR count). The average Bonchev–Trinajstić information content (AvgIpc) is 3.00. The summed E-state index contributed by atoms with van der Waals surface area (Å²) in [5.74, 6) is 0.941. The van der Waals surface area contributed by atoms with Crippen LogP contribution in [0.4, 0.5) is 5.95 Å². The number of likely N-dealkylation sites (tertiary alicyclic amines) is 1. The summed E-state index contributed by atoms with van der Waals surface area (Å²) in [5, 5.41) is 3.51. The quantitative estimate of drug-likeness (QED) is 0.819. The lowest BCUT2D eigenvalue weighted by molar-refractivity contribution is 0.163. The van der Waals surface area contributed by atoms with Gasteiger partial charge in [-0.3, -0.25) is 0 Å². The Bertz CT molecular complexity index is 373. The fourth-order valence-corrected chi connectivity index (χ4v) is 2.72. The van der Waals surface area contributed by atoms with Gasteiger partial charge in [0.1, 0.15) is 0 Å². The summed E-state index contributed by atoms with van der Waals surface area (Å²) < 4.78 is 7.35. The molecular formula is C14H26N4O. The fourth-order valence-electron chi connectivity index (χ4n) is 2.72. The Morgan fingerprint density at radius 3 is 2.79 bits per heavy atom. The van der Waals surface area contributed by atoms with Crippen molar-refractivity contribution in [2.45, 2.75) is 38.8 Å². The van der Waals surface area contributed by atoms with Crippen molar-refractivity contribution in [3.05, 3.63) is 12.4 Å². The van der Waals surface area contributed by atoms with Crippen LogP contribution in [0.15, 0.2) is 12.4 Å². The second kappa shape index (κ2) is 6.91. The van der Waals surface area contributed by atoms with Crippen LogP contribution in [-0.2, 0) is 4.74 Å². The molecule has 19 heavy (non-hydrogen) atoms. The van der Waals surface area contributed by atoms with E-state index in [1.807, 2.05) is 12.4 Å². The van der Waals surface area contributed by atoms with Gasteiger partial charge in [0.25, 0.3) is 0 Å². The van der Waals surface area contributed by atoms with Crippen LogP contribution in [-0.4, -0.2) is 53.8 Å². The number of rotatable bonds is 7. The lowest BCUT2D eigenvalue weighted by Crippen LogP contribution is -2.34. The number of hydrogen-bond acceptors (Lipinski definition) is 4. The predicted octanol–water partition coefficient (Wildman–Crippen LogP) is 1.99. The number of nitrogens with zero attached hydrogens (tertiary/aromatic N) is 3. The summed E-state index contributed by atoms with van der Waals surface area (Å²) in [6, 6.07) is 0.711. The topological polar surface area (TPSA) is 42.3 Å². The Kier molecular flexibility index (Phi) is 5.22. The summed E-state index contributed by atoms with van der Waals surface area (Å²) in [6.07, 6.45) is 6.53. The van der Waals surface area contributed by atoms with E-state index in [1.54, 1.807) is 7.11 Å². The van der Waals surface area contributed by atoms with Crippen LogP contribution in [0.25, 0.3) is 0 Å². The molecule has 0 saturated carbocycles. The van der Waals surface area contributed by atoms with Gasteiger partial charge in [-0.05, 0) is 39.8 Å². The van der Waals surface area contributed by atoms with E-state index in [-0.39, 0.29) is 0 Å². The number of methoxy groups -OCH3 is 1. The van der Waals surface area contributed by atoms with E-state index in [1.165, 1.54) is 25.9 Å². The molecule has 5 heteroatoms. The number of anilines is 1. The van der Waals surface area contributed by atoms with Crippen LogP contribution in [0.1, 0.15) is 32.7 Å². The molecule has 108 valence electrons. The SMILES string of the molecule is COCC(C)n1ccnc1NC(C)CN1CCCC1. The minimum absolute atomic E-state index is 0.300. The van der Waals surface area contributed by atoms with Gasteiger partial charge in [0.2, 0.25) is 5.95 Å². The van der Waals surface area contributed by atoms with E-state index < -0.39 is 0 Å². The zero-order valence-electron chi connectivity index (χ0n) is 12.3. The van der Waals surface area contributed by atoms with Crippen LogP contribution >= 0.6 is 0 Å². The van der Waals surface area contributed by atoms with Crippen LogP contribution in [0.5, 0.6) is 0 Å². The zero-order valence-corrected chi connectivity index (χ0v) is 12.3. The zero-order chi connectivity index (χ0) is 13.7. The predicted molar refractivity (Wildman–Crippen MR) is 77.6 cm³/mol. The first-order chi connectivity index (χ1) is 9.20. The van der Waals surface area contributed by atoms with Crippen molar-refractivity contribution < 1.29 is 4.74 Å². The van der Waals surface area contributed by atoms with Gasteiger partial charge in [-0.2, -0.15) is 0 Å². The molecule has 5 nitrogen and oxygen atoms in total. The number of aromatic nitrogens is 2. The highest BCUT2D eigenvalue weighted by atomic mass is 16.5. The highest BCUT2D eigenvalue weighted by Gasteiger charge is 2.16. The molecule has 0 aromatic carbocycles. The van der Waals surface area contributed by atoms with E-state index in [0.29, 0.717) is 18.7 Å². The highest BCUT2D eigenvalue weighted by Crippen LogP contribution is 2.15. The molecule has 0 bridgehead atoms. The van der Waals surface area contributed by atoms with Gasteiger partial charge in [0.05, 0.1) is 12.6 Å². The summed E-state index contributed by atoms with van der Waals surface area (Å²) in [7, 11) is 1.73. The van der Waals surface area contributed by atoms with Gasteiger partial charge in [-0.15, -0.1) is 0 Å². The fraction of sp³-hybridized carbons (Fsp3) is 0.786. The minimum atomic E-state index is 0.300. The summed E-state index contributed by atoms with van der Waals surface area (Å²) in [4.78, 5) is 6.93.